The summed E-state index contributed by atoms with van der Waals surface area (Å²) in [6.07, 6.45) is 3.27. The molecule has 0 aliphatic carbocycles. The Bertz CT molecular complexity index is 289. The van der Waals surface area contributed by atoms with Crippen molar-refractivity contribution in [1.82, 2.24) is 9.97 Å². The molecule has 1 fully saturated rings. The Morgan fingerprint density at radius 2 is 2.31 bits per heavy atom. The van der Waals surface area contributed by atoms with E-state index in [1.807, 2.05) is 0 Å². The van der Waals surface area contributed by atoms with Crippen molar-refractivity contribution in [2.45, 2.75) is 6.10 Å². The van der Waals surface area contributed by atoms with Crippen LogP contribution in [0.5, 0.6) is 0 Å². The zero-order valence-corrected chi connectivity index (χ0v) is 8.53. The van der Waals surface area contributed by atoms with Crippen LogP contribution in [0.4, 0.5) is 0 Å². The summed E-state index contributed by atoms with van der Waals surface area (Å²) in [5.74, 6) is 0. The first-order valence-corrected chi connectivity index (χ1v) is 4.82. The summed E-state index contributed by atoms with van der Waals surface area (Å²) in [5, 5.41) is 0. The first-order chi connectivity index (χ1) is 6.36. The van der Waals surface area contributed by atoms with Gasteiger partial charge in [-0.05, 0) is 15.9 Å². The van der Waals surface area contributed by atoms with Gasteiger partial charge in [0.05, 0.1) is 37.9 Å². The quantitative estimate of drug-likeness (QED) is 0.748. The predicted octanol–water partition coefficient (Wildman–Crippen LogP) is 1.33. The molecule has 1 aliphatic rings. The summed E-state index contributed by atoms with van der Waals surface area (Å²) >= 11 is 3.26. The summed E-state index contributed by atoms with van der Waals surface area (Å²) < 4.78 is 11.5. The van der Waals surface area contributed by atoms with E-state index < -0.39 is 0 Å². The third-order valence-electron chi connectivity index (χ3n) is 1.77. The van der Waals surface area contributed by atoms with Gasteiger partial charge in [0.15, 0.2) is 0 Å². The van der Waals surface area contributed by atoms with Gasteiger partial charge in [-0.2, -0.15) is 0 Å². The Balaban J connectivity index is 2.14. The molecule has 0 aromatic carbocycles. The lowest BCUT2D eigenvalue weighted by Gasteiger charge is -2.21. The molecule has 0 amide bonds. The summed E-state index contributed by atoms with van der Waals surface area (Å²) in [7, 11) is 0. The predicted molar refractivity (Wildman–Crippen MR) is 49.2 cm³/mol. The Morgan fingerprint density at radius 1 is 1.38 bits per heavy atom. The molecule has 0 bridgehead atoms. The fourth-order valence-corrected chi connectivity index (χ4v) is 1.49. The molecule has 1 aromatic heterocycles. The number of aromatic nitrogens is 2. The van der Waals surface area contributed by atoms with Gasteiger partial charge >= 0.3 is 0 Å². The van der Waals surface area contributed by atoms with Gasteiger partial charge in [0.25, 0.3) is 0 Å². The van der Waals surface area contributed by atoms with Crippen LogP contribution in [0, 0.1) is 0 Å². The smallest absolute Gasteiger partial charge is 0.124 e. The molecule has 1 aliphatic heterocycles. The Morgan fingerprint density at radius 3 is 3.00 bits per heavy atom. The second kappa shape index (κ2) is 4.13. The third-order valence-corrected chi connectivity index (χ3v) is 2.15. The maximum Gasteiger partial charge on any atom is 0.124 e. The number of hydrogen-bond donors (Lipinski definition) is 0. The van der Waals surface area contributed by atoms with Gasteiger partial charge in [-0.25, -0.2) is 4.98 Å². The number of hydrogen-bond acceptors (Lipinski definition) is 4. The van der Waals surface area contributed by atoms with E-state index in [-0.39, 0.29) is 6.10 Å². The lowest BCUT2D eigenvalue weighted by molar-refractivity contribution is -0.0919. The second-order valence-electron chi connectivity index (χ2n) is 2.70. The highest BCUT2D eigenvalue weighted by Crippen LogP contribution is 2.19. The molecule has 4 nitrogen and oxygen atoms in total. The highest BCUT2D eigenvalue weighted by molar-refractivity contribution is 9.10. The van der Waals surface area contributed by atoms with Crippen LogP contribution in [-0.4, -0.2) is 29.8 Å². The average molecular weight is 245 g/mol. The summed E-state index contributed by atoms with van der Waals surface area (Å²) in [4.78, 5) is 8.26. The number of halogens is 1. The molecule has 70 valence electrons. The largest absolute Gasteiger partial charge is 0.376 e. The van der Waals surface area contributed by atoms with Crippen LogP contribution in [0.3, 0.4) is 0 Å². The summed E-state index contributed by atoms with van der Waals surface area (Å²) in [6, 6.07) is 0. The van der Waals surface area contributed by atoms with E-state index in [0.29, 0.717) is 19.8 Å². The zero-order valence-electron chi connectivity index (χ0n) is 6.94. The fourth-order valence-electron chi connectivity index (χ4n) is 1.17. The van der Waals surface area contributed by atoms with Gasteiger partial charge in [-0.15, -0.1) is 0 Å². The van der Waals surface area contributed by atoms with Crippen molar-refractivity contribution in [3.63, 3.8) is 0 Å². The maximum atomic E-state index is 5.47. The van der Waals surface area contributed by atoms with E-state index in [2.05, 4.69) is 25.9 Å². The molecule has 5 heteroatoms. The average Bonchev–Trinajstić information content (AvgIpc) is 2.19. The molecule has 0 saturated carbocycles. The molecule has 13 heavy (non-hydrogen) atoms. The van der Waals surface area contributed by atoms with E-state index >= 15 is 0 Å². The first-order valence-electron chi connectivity index (χ1n) is 4.03. The minimum absolute atomic E-state index is 0.0706. The molecule has 2 rings (SSSR count). The van der Waals surface area contributed by atoms with E-state index in [0.717, 1.165) is 10.3 Å². The van der Waals surface area contributed by atoms with Crippen molar-refractivity contribution in [1.29, 1.82) is 0 Å². The van der Waals surface area contributed by atoms with Crippen LogP contribution in [0.2, 0.25) is 0 Å². The minimum Gasteiger partial charge on any atom is -0.376 e. The highest BCUT2D eigenvalue weighted by atomic mass is 79.9. The third kappa shape index (κ3) is 2.24. The molecular formula is C8H9BrN2O2. The topological polar surface area (TPSA) is 44.2 Å². The monoisotopic (exact) mass is 244 g/mol. The van der Waals surface area contributed by atoms with Crippen LogP contribution >= 0.6 is 15.9 Å². The van der Waals surface area contributed by atoms with Crippen LogP contribution in [-0.2, 0) is 9.47 Å². The molecule has 0 spiro atoms. The van der Waals surface area contributed by atoms with Crippen molar-refractivity contribution >= 4 is 15.9 Å². The lowest BCUT2D eigenvalue weighted by Crippen LogP contribution is -2.22. The van der Waals surface area contributed by atoms with Gasteiger partial charge in [0.2, 0.25) is 0 Å². The van der Waals surface area contributed by atoms with E-state index in [1.54, 1.807) is 12.4 Å². The Hall–Kier alpha value is -0.520. The maximum absolute atomic E-state index is 5.47. The molecule has 1 unspecified atom stereocenters. The number of nitrogens with zero attached hydrogens (tertiary/aromatic N) is 2. The van der Waals surface area contributed by atoms with E-state index in [9.17, 15) is 0 Å². The Kier molecular flexibility index (Phi) is 2.87. The van der Waals surface area contributed by atoms with Gasteiger partial charge in [-0.1, -0.05) is 0 Å². The summed E-state index contributed by atoms with van der Waals surface area (Å²) in [5.41, 5.74) is 0.814. The zero-order chi connectivity index (χ0) is 9.10. The van der Waals surface area contributed by atoms with Gasteiger partial charge in [0, 0.05) is 0 Å². The van der Waals surface area contributed by atoms with Crippen molar-refractivity contribution < 1.29 is 9.47 Å². The van der Waals surface area contributed by atoms with Crippen LogP contribution in [0.25, 0.3) is 0 Å². The van der Waals surface area contributed by atoms with Gasteiger partial charge < -0.3 is 9.47 Å². The second-order valence-corrected chi connectivity index (χ2v) is 3.51. The lowest BCUT2D eigenvalue weighted by atomic mass is 10.2. The molecule has 1 saturated heterocycles. The number of rotatable bonds is 1. The van der Waals surface area contributed by atoms with Crippen molar-refractivity contribution in [3.8, 4) is 0 Å². The molecule has 0 N–H and O–H groups in total. The standard InChI is InChI=1S/C8H9BrN2O2/c9-8-4-10-3-6(11-8)7-5-12-1-2-13-7/h3-4,7H,1-2,5H2. The molecular weight excluding hydrogens is 236 g/mol. The number of ether oxygens (including phenoxy) is 2. The SMILES string of the molecule is Brc1cncc(C2COCCO2)n1. The molecule has 1 aromatic rings. The minimum atomic E-state index is -0.0706. The van der Waals surface area contributed by atoms with E-state index in [4.69, 9.17) is 9.47 Å². The van der Waals surface area contributed by atoms with Crippen LogP contribution in [0.1, 0.15) is 11.8 Å². The van der Waals surface area contributed by atoms with Gasteiger partial charge in [-0.3, -0.25) is 4.98 Å². The van der Waals surface area contributed by atoms with Crippen molar-refractivity contribution in [2.75, 3.05) is 19.8 Å². The van der Waals surface area contributed by atoms with Crippen molar-refractivity contribution in [3.05, 3.63) is 22.7 Å². The van der Waals surface area contributed by atoms with Crippen LogP contribution < -0.4 is 0 Å². The molecule has 1 atom stereocenters. The van der Waals surface area contributed by atoms with E-state index in [1.165, 1.54) is 0 Å². The fraction of sp³-hybridized carbons (Fsp3) is 0.500. The highest BCUT2D eigenvalue weighted by Gasteiger charge is 2.18. The van der Waals surface area contributed by atoms with Gasteiger partial charge in [0.1, 0.15) is 10.7 Å². The Labute approximate surface area is 84.4 Å². The first kappa shape index (κ1) is 9.05. The normalized spacial score (nSPS) is 23.0. The van der Waals surface area contributed by atoms with Crippen molar-refractivity contribution in [2.24, 2.45) is 0 Å². The molecule has 2 heterocycles. The molecule has 0 radical (unpaired) electrons. The van der Waals surface area contributed by atoms with Crippen LogP contribution in [0.15, 0.2) is 17.0 Å². The summed E-state index contributed by atoms with van der Waals surface area (Å²) in [6.45, 7) is 1.85.